The van der Waals surface area contributed by atoms with Crippen LogP contribution >= 0.6 is 0 Å². The number of pyridine rings is 1. The fraction of sp³-hybridized carbons (Fsp3) is 0.154. The van der Waals surface area contributed by atoms with Gasteiger partial charge in [0.05, 0.1) is 32.0 Å². The SMILES string of the molecule is COc1cc(F)c([C@@H](C)n2nc(-c3ncc(OC)c(Nc4ccncc4)n3)c3ccccc32)c(F)c1. The van der Waals surface area contributed by atoms with Gasteiger partial charge in [-0.3, -0.25) is 9.67 Å². The van der Waals surface area contributed by atoms with E-state index in [1.54, 1.807) is 42.3 Å². The quantitative estimate of drug-likeness (QED) is 0.322. The molecule has 0 aliphatic heterocycles. The molecule has 5 aromatic rings. The number of anilines is 2. The summed E-state index contributed by atoms with van der Waals surface area (Å²) in [4.78, 5) is 13.1. The van der Waals surface area contributed by atoms with Gasteiger partial charge in [0.2, 0.25) is 0 Å². The molecule has 0 radical (unpaired) electrons. The lowest BCUT2D eigenvalue weighted by atomic mass is 10.1. The Morgan fingerprint density at radius 2 is 1.69 bits per heavy atom. The molecule has 36 heavy (non-hydrogen) atoms. The Labute approximate surface area is 205 Å². The Balaban J connectivity index is 1.62. The summed E-state index contributed by atoms with van der Waals surface area (Å²) in [5.41, 5.74) is 1.79. The number of benzene rings is 2. The fourth-order valence-corrected chi connectivity index (χ4v) is 4.05. The lowest BCUT2D eigenvalue weighted by Gasteiger charge is -2.16. The zero-order valence-electron chi connectivity index (χ0n) is 19.7. The molecule has 8 nitrogen and oxygen atoms in total. The van der Waals surface area contributed by atoms with Crippen LogP contribution in [0.5, 0.6) is 11.5 Å². The van der Waals surface area contributed by atoms with Gasteiger partial charge in [-0.2, -0.15) is 5.10 Å². The summed E-state index contributed by atoms with van der Waals surface area (Å²) in [7, 11) is 2.89. The van der Waals surface area contributed by atoms with Gasteiger partial charge < -0.3 is 14.8 Å². The second-order valence-corrected chi connectivity index (χ2v) is 7.96. The van der Waals surface area contributed by atoms with Gasteiger partial charge in [0.25, 0.3) is 0 Å². The monoisotopic (exact) mass is 488 g/mol. The minimum absolute atomic E-state index is 0.104. The van der Waals surface area contributed by atoms with Crippen molar-refractivity contribution in [3.05, 3.63) is 84.3 Å². The highest BCUT2D eigenvalue weighted by molar-refractivity contribution is 5.92. The number of hydrogen-bond acceptors (Lipinski definition) is 7. The molecule has 3 aromatic heterocycles. The maximum absolute atomic E-state index is 14.9. The first-order valence-corrected chi connectivity index (χ1v) is 11.1. The maximum Gasteiger partial charge on any atom is 0.183 e. The van der Waals surface area contributed by atoms with Gasteiger partial charge in [0.1, 0.15) is 23.1 Å². The molecular weight excluding hydrogens is 466 g/mol. The molecule has 0 spiro atoms. The molecule has 0 saturated heterocycles. The molecule has 3 heterocycles. The number of aromatic nitrogens is 5. The summed E-state index contributed by atoms with van der Waals surface area (Å²) in [6, 6.07) is 12.5. The van der Waals surface area contributed by atoms with Gasteiger partial charge in [0, 0.05) is 41.2 Å². The average Bonchev–Trinajstić information content (AvgIpc) is 3.28. The summed E-state index contributed by atoms with van der Waals surface area (Å²) < 4.78 is 41.8. The predicted octanol–water partition coefficient (Wildman–Crippen LogP) is 5.54. The molecule has 182 valence electrons. The van der Waals surface area contributed by atoms with Crippen molar-refractivity contribution in [1.29, 1.82) is 0 Å². The molecule has 10 heteroatoms. The highest BCUT2D eigenvalue weighted by atomic mass is 19.1. The van der Waals surface area contributed by atoms with Gasteiger partial charge in [-0.25, -0.2) is 18.7 Å². The summed E-state index contributed by atoms with van der Waals surface area (Å²) in [5, 5.41) is 8.65. The summed E-state index contributed by atoms with van der Waals surface area (Å²) in [5.74, 6) is -0.129. The zero-order chi connectivity index (χ0) is 25.2. The van der Waals surface area contributed by atoms with E-state index >= 15 is 0 Å². The van der Waals surface area contributed by atoms with Crippen LogP contribution in [0.15, 0.2) is 67.1 Å². The van der Waals surface area contributed by atoms with Crippen molar-refractivity contribution in [1.82, 2.24) is 24.7 Å². The molecule has 0 fully saturated rings. The third-order valence-corrected chi connectivity index (χ3v) is 5.82. The number of ether oxygens (including phenoxy) is 2. The van der Waals surface area contributed by atoms with Crippen LogP contribution in [-0.4, -0.2) is 39.0 Å². The van der Waals surface area contributed by atoms with E-state index in [1.807, 2.05) is 24.3 Å². The summed E-state index contributed by atoms with van der Waals surface area (Å²) in [6.07, 6.45) is 4.86. The Hall–Kier alpha value is -4.60. The second kappa shape index (κ2) is 9.57. The minimum Gasteiger partial charge on any atom is -0.497 e. The van der Waals surface area contributed by atoms with Crippen molar-refractivity contribution >= 4 is 22.4 Å². The smallest absolute Gasteiger partial charge is 0.183 e. The molecule has 0 unspecified atom stereocenters. The predicted molar refractivity (Wildman–Crippen MR) is 132 cm³/mol. The van der Waals surface area contributed by atoms with Crippen LogP contribution in [-0.2, 0) is 0 Å². The number of fused-ring (bicyclic) bond motifs is 1. The number of para-hydroxylation sites is 1. The standard InChI is InChI=1S/C26H22F2N6O2/c1-15(23-19(27)12-17(35-2)13-20(23)28)34-21-7-5-4-6-18(21)24(33-34)26-30-14-22(36-3)25(32-26)31-16-8-10-29-11-9-16/h4-15H,1-3H3,(H,29,30,31,32)/t15-/m1/s1. The van der Waals surface area contributed by atoms with Crippen LogP contribution in [0.3, 0.4) is 0 Å². The molecule has 0 amide bonds. The first-order valence-electron chi connectivity index (χ1n) is 11.1. The lowest BCUT2D eigenvalue weighted by Crippen LogP contribution is -2.13. The lowest BCUT2D eigenvalue weighted by molar-refractivity contribution is 0.402. The van der Waals surface area contributed by atoms with Gasteiger partial charge in [-0.15, -0.1) is 0 Å². The van der Waals surface area contributed by atoms with Gasteiger partial charge >= 0.3 is 0 Å². The third-order valence-electron chi connectivity index (χ3n) is 5.82. The van der Waals surface area contributed by atoms with Gasteiger partial charge in [-0.05, 0) is 25.1 Å². The van der Waals surface area contributed by atoms with E-state index in [1.165, 1.54) is 14.2 Å². The molecule has 0 aliphatic rings. The van der Waals surface area contributed by atoms with Crippen LogP contribution in [0.1, 0.15) is 18.5 Å². The van der Waals surface area contributed by atoms with E-state index in [0.717, 1.165) is 23.2 Å². The van der Waals surface area contributed by atoms with E-state index in [0.29, 0.717) is 28.6 Å². The van der Waals surface area contributed by atoms with E-state index in [9.17, 15) is 8.78 Å². The fourth-order valence-electron chi connectivity index (χ4n) is 4.05. The van der Waals surface area contributed by atoms with E-state index in [4.69, 9.17) is 14.6 Å². The molecule has 0 saturated carbocycles. The Morgan fingerprint density at radius 3 is 2.39 bits per heavy atom. The van der Waals surface area contributed by atoms with Crippen LogP contribution < -0.4 is 14.8 Å². The molecular formula is C26H22F2N6O2. The highest BCUT2D eigenvalue weighted by Gasteiger charge is 2.24. The number of rotatable bonds is 7. The largest absolute Gasteiger partial charge is 0.497 e. The van der Waals surface area contributed by atoms with Crippen LogP contribution in [0.4, 0.5) is 20.3 Å². The molecule has 2 aromatic carbocycles. The molecule has 1 atom stereocenters. The molecule has 0 bridgehead atoms. The maximum atomic E-state index is 14.9. The van der Waals surface area contributed by atoms with E-state index in [-0.39, 0.29) is 11.3 Å². The molecule has 5 rings (SSSR count). The van der Waals surface area contributed by atoms with E-state index < -0.39 is 17.7 Å². The zero-order valence-corrected chi connectivity index (χ0v) is 19.7. The Morgan fingerprint density at radius 1 is 0.972 bits per heavy atom. The average molecular weight is 488 g/mol. The number of nitrogens with one attached hydrogen (secondary N) is 1. The second-order valence-electron chi connectivity index (χ2n) is 7.96. The first-order chi connectivity index (χ1) is 17.5. The Bertz CT molecular complexity index is 1520. The van der Waals surface area contributed by atoms with Crippen LogP contribution in [0, 0.1) is 11.6 Å². The highest BCUT2D eigenvalue weighted by Crippen LogP contribution is 2.34. The van der Waals surface area contributed by atoms with Crippen molar-refractivity contribution in [2.24, 2.45) is 0 Å². The van der Waals surface area contributed by atoms with Crippen molar-refractivity contribution in [3.63, 3.8) is 0 Å². The summed E-state index contributed by atoms with van der Waals surface area (Å²) >= 11 is 0. The van der Waals surface area contributed by atoms with Crippen molar-refractivity contribution < 1.29 is 18.3 Å². The topological polar surface area (TPSA) is 87.0 Å². The number of halogens is 2. The van der Waals surface area contributed by atoms with Crippen LogP contribution in [0.2, 0.25) is 0 Å². The van der Waals surface area contributed by atoms with Crippen molar-refractivity contribution in [2.75, 3.05) is 19.5 Å². The van der Waals surface area contributed by atoms with E-state index in [2.05, 4.69) is 20.3 Å². The first kappa shape index (κ1) is 23.2. The van der Waals surface area contributed by atoms with Crippen LogP contribution in [0.25, 0.3) is 22.4 Å². The van der Waals surface area contributed by atoms with Crippen molar-refractivity contribution in [2.45, 2.75) is 13.0 Å². The number of methoxy groups -OCH3 is 2. The Kier molecular flexibility index (Phi) is 6.16. The third kappa shape index (κ3) is 4.17. The number of nitrogens with zero attached hydrogens (tertiary/aromatic N) is 5. The van der Waals surface area contributed by atoms with Crippen molar-refractivity contribution in [3.8, 4) is 23.0 Å². The number of hydrogen-bond donors (Lipinski definition) is 1. The van der Waals surface area contributed by atoms with Gasteiger partial charge in [0.15, 0.2) is 17.4 Å². The normalized spacial score (nSPS) is 11.9. The molecule has 0 aliphatic carbocycles. The molecule has 1 N–H and O–H groups in total. The van der Waals surface area contributed by atoms with Gasteiger partial charge in [-0.1, -0.05) is 18.2 Å². The minimum atomic E-state index is -0.762. The summed E-state index contributed by atoms with van der Waals surface area (Å²) in [6.45, 7) is 1.68.